The number of nitrogens with one attached hydrogen (secondary N) is 1. The molecule has 1 aliphatic heterocycles. The van der Waals surface area contributed by atoms with E-state index in [1.807, 2.05) is 11.0 Å². The van der Waals surface area contributed by atoms with E-state index in [9.17, 15) is 4.79 Å². The second-order valence-electron chi connectivity index (χ2n) is 4.50. The normalized spacial score (nSPS) is 18.8. The van der Waals surface area contributed by atoms with Crippen molar-refractivity contribution in [2.45, 2.75) is 12.5 Å². The molecule has 21 heavy (non-hydrogen) atoms. The Morgan fingerprint density at radius 3 is 3.05 bits per heavy atom. The first-order chi connectivity index (χ1) is 10.1. The molecule has 0 radical (unpaired) electrons. The Morgan fingerprint density at radius 1 is 1.62 bits per heavy atom. The number of methoxy groups -OCH3 is 1. The van der Waals surface area contributed by atoms with Crippen molar-refractivity contribution in [1.29, 1.82) is 0 Å². The third-order valence-electron chi connectivity index (χ3n) is 3.25. The number of carbonyl (C=O) groups is 1. The van der Waals surface area contributed by atoms with Crippen molar-refractivity contribution in [2.75, 3.05) is 18.1 Å². The number of nitrogens with zero attached hydrogens (tertiary/aromatic N) is 1. The summed E-state index contributed by atoms with van der Waals surface area (Å²) < 4.78 is 12.0. The van der Waals surface area contributed by atoms with Gasteiger partial charge in [-0.15, -0.1) is 0 Å². The van der Waals surface area contributed by atoms with E-state index in [0.717, 1.165) is 16.5 Å². The van der Waals surface area contributed by atoms with Gasteiger partial charge >= 0.3 is 145 Å². The molecule has 1 heterocycles. The number of nitrogens with two attached hydrogens (primary N) is 1. The van der Waals surface area contributed by atoms with Crippen LogP contribution in [0.15, 0.2) is 18.2 Å². The molecule has 5 nitrogen and oxygen atoms in total. The minimum atomic E-state index is -0.329. The van der Waals surface area contributed by atoms with Crippen LogP contribution in [0.1, 0.15) is 18.0 Å². The number of alkyl halides is 1. The molecule has 1 aliphatic rings. The topological polar surface area (TPSA) is 67.6 Å². The van der Waals surface area contributed by atoms with Gasteiger partial charge in [0.05, 0.1) is 0 Å². The maximum absolute atomic E-state index is 11.8. The van der Waals surface area contributed by atoms with Crippen molar-refractivity contribution in [3.63, 3.8) is 0 Å². The van der Waals surface area contributed by atoms with Crippen molar-refractivity contribution in [1.82, 2.24) is 10.2 Å². The number of benzene rings is 1. The maximum atomic E-state index is 11.8. The molecule has 0 aromatic heterocycles. The van der Waals surface area contributed by atoms with Gasteiger partial charge in [-0.25, -0.2) is 0 Å². The zero-order chi connectivity index (χ0) is 15.4. The Hall–Kier alpha value is -0.640. The number of halogens is 2. The Balaban J connectivity index is 2.38. The second-order valence-corrected chi connectivity index (χ2v) is 7.28. The van der Waals surface area contributed by atoms with Gasteiger partial charge in [-0.05, 0) is 0 Å². The first kappa shape index (κ1) is 16.7. The van der Waals surface area contributed by atoms with Crippen molar-refractivity contribution >= 4 is 34.8 Å². The zero-order valence-corrected chi connectivity index (χ0v) is 15.2. The molecular weight excluding hydrogens is 425 g/mol. The van der Waals surface area contributed by atoms with E-state index in [-0.39, 0.29) is 33.4 Å². The number of rotatable bonds is 5. The fraction of sp³-hybridized carbons (Fsp3) is 0.385. The third-order valence-corrected chi connectivity index (χ3v) is 4.92. The summed E-state index contributed by atoms with van der Waals surface area (Å²) in [5, 5.41) is 3.75. The summed E-state index contributed by atoms with van der Waals surface area (Å²) in [5.41, 5.74) is 0.873. The summed E-state index contributed by atoms with van der Waals surface area (Å²) >= 11 is 11.1. The van der Waals surface area contributed by atoms with Gasteiger partial charge < -0.3 is 0 Å². The molecule has 1 saturated heterocycles. The van der Waals surface area contributed by atoms with Crippen LogP contribution in [-0.4, -0.2) is 34.0 Å². The summed E-state index contributed by atoms with van der Waals surface area (Å²) in [6.45, 7) is 0.725. The van der Waals surface area contributed by atoms with E-state index in [4.69, 9.17) is 32.5 Å². The minimum absolute atomic E-state index is 0.0919. The van der Waals surface area contributed by atoms with Crippen LogP contribution in [0.2, 0.25) is 5.02 Å². The van der Waals surface area contributed by atoms with Gasteiger partial charge in [-0.2, -0.15) is 0 Å². The predicted molar refractivity (Wildman–Crippen MR) is 81.9 cm³/mol. The van der Waals surface area contributed by atoms with Gasteiger partial charge in [-0.3, -0.25) is 0 Å². The fourth-order valence-corrected chi connectivity index (χ4v) is 3.62. The molecular formula is C13H16ClIN3O2S-. The Bertz CT molecular complexity index is 558. The molecule has 1 atom stereocenters. The van der Waals surface area contributed by atoms with E-state index in [1.165, 1.54) is 0 Å². The SMILES string of the molecule is COc1ccc(Cl)cc1C1CC(=O)NC(=S)N1CC[I-]N. The first-order valence-corrected chi connectivity index (χ1v) is 9.84. The molecule has 1 aromatic rings. The van der Waals surface area contributed by atoms with Crippen LogP contribution < -0.4 is 35.5 Å². The van der Waals surface area contributed by atoms with Crippen LogP contribution in [0.5, 0.6) is 5.75 Å². The summed E-state index contributed by atoms with van der Waals surface area (Å²) in [7, 11) is 1.60. The molecule has 0 aliphatic carbocycles. The van der Waals surface area contributed by atoms with Crippen LogP contribution in [0.4, 0.5) is 0 Å². The van der Waals surface area contributed by atoms with E-state index in [1.54, 1.807) is 19.2 Å². The monoisotopic (exact) mass is 440 g/mol. The van der Waals surface area contributed by atoms with Crippen molar-refractivity contribution in [3.8, 4) is 5.75 Å². The van der Waals surface area contributed by atoms with Gasteiger partial charge in [0.25, 0.3) is 0 Å². The van der Waals surface area contributed by atoms with Gasteiger partial charge in [0, 0.05) is 0 Å². The molecule has 1 amide bonds. The van der Waals surface area contributed by atoms with E-state index in [0.29, 0.717) is 22.3 Å². The number of ether oxygens (including phenoxy) is 1. The number of hydrogen-bond acceptors (Lipinski definition) is 4. The molecule has 1 fully saturated rings. The van der Waals surface area contributed by atoms with Crippen LogP contribution in [-0.2, 0) is 4.79 Å². The van der Waals surface area contributed by atoms with Gasteiger partial charge in [-0.1, -0.05) is 0 Å². The van der Waals surface area contributed by atoms with E-state index < -0.39 is 0 Å². The van der Waals surface area contributed by atoms with Crippen LogP contribution in [0.3, 0.4) is 0 Å². The molecule has 1 unspecified atom stereocenters. The van der Waals surface area contributed by atoms with Crippen LogP contribution in [0.25, 0.3) is 0 Å². The first-order valence-electron chi connectivity index (χ1n) is 6.28. The molecule has 8 heteroatoms. The van der Waals surface area contributed by atoms with Gasteiger partial charge in [0.2, 0.25) is 0 Å². The molecule has 0 spiro atoms. The standard InChI is InChI=1S/C13H16ClIN3O2S/c1-20-11-3-2-8(14)6-9(11)10-7-12(19)17-13(21)18(10)5-4-15-16/h2-3,6,10H,4-5,7,16H2,1H3,(H,17,19,21)/q-1. The molecule has 2 rings (SSSR count). The number of amides is 1. The van der Waals surface area contributed by atoms with Gasteiger partial charge in [0.15, 0.2) is 0 Å². The summed E-state index contributed by atoms with van der Waals surface area (Å²) in [4.78, 5) is 13.8. The zero-order valence-electron chi connectivity index (χ0n) is 11.4. The Morgan fingerprint density at radius 2 is 2.38 bits per heavy atom. The van der Waals surface area contributed by atoms with E-state index in [2.05, 4.69) is 5.32 Å². The average molecular weight is 441 g/mol. The Labute approximate surface area is 144 Å². The van der Waals surface area contributed by atoms with E-state index >= 15 is 0 Å². The number of thiocarbonyl (C=S) groups is 1. The van der Waals surface area contributed by atoms with Crippen LogP contribution in [0, 0.1) is 0 Å². The summed E-state index contributed by atoms with van der Waals surface area (Å²) in [6.07, 6.45) is 0.319. The Kier molecular flexibility index (Phi) is 6.03. The van der Waals surface area contributed by atoms with Crippen LogP contribution >= 0.6 is 23.8 Å². The molecule has 1 aromatic carbocycles. The van der Waals surface area contributed by atoms with Crippen molar-refractivity contribution < 1.29 is 31.0 Å². The van der Waals surface area contributed by atoms with Gasteiger partial charge in [0.1, 0.15) is 0 Å². The number of carbonyl (C=O) groups excluding carboxylic acids is 1. The molecule has 3 N–H and O–H groups in total. The average Bonchev–Trinajstić information content (AvgIpc) is 2.45. The summed E-state index contributed by atoms with van der Waals surface area (Å²) in [5.74, 6) is 0.611. The quantitative estimate of drug-likeness (QED) is 0.251. The molecule has 0 saturated carbocycles. The van der Waals surface area contributed by atoms with Crippen molar-refractivity contribution in [3.05, 3.63) is 28.8 Å². The predicted octanol–water partition coefficient (Wildman–Crippen LogP) is -1.54. The fourth-order valence-electron chi connectivity index (χ4n) is 2.31. The second kappa shape index (κ2) is 7.57. The third kappa shape index (κ3) is 3.97. The molecule has 116 valence electrons. The molecule has 0 bridgehead atoms. The van der Waals surface area contributed by atoms with Crippen molar-refractivity contribution in [2.24, 2.45) is 3.95 Å². The number of hydrogen-bond donors (Lipinski definition) is 2. The summed E-state index contributed by atoms with van der Waals surface area (Å²) in [6, 6.07) is 5.23.